The van der Waals surface area contributed by atoms with Gasteiger partial charge in [0.15, 0.2) is 0 Å². The topological polar surface area (TPSA) is 72.4 Å². The van der Waals surface area contributed by atoms with Gasteiger partial charge in [-0.1, -0.05) is 36.4 Å². The molecule has 0 aliphatic carbocycles. The van der Waals surface area contributed by atoms with Crippen molar-refractivity contribution in [2.24, 2.45) is 0 Å². The van der Waals surface area contributed by atoms with Crippen molar-refractivity contribution in [3.05, 3.63) is 72.3 Å². The van der Waals surface area contributed by atoms with E-state index in [1.54, 1.807) is 12.1 Å². The quantitative estimate of drug-likeness (QED) is 0.543. The Hall–Kier alpha value is -3.33. The zero-order valence-corrected chi connectivity index (χ0v) is 12.6. The highest BCUT2D eigenvalue weighted by Gasteiger charge is 2.16. The lowest BCUT2D eigenvalue weighted by molar-refractivity contribution is 0.0292. The Morgan fingerprint density at radius 2 is 1.42 bits per heavy atom. The van der Waals surface area contributed by atoms with E-state index >= 15 is 0 Å². The summed E-state index contributed by atoms with van der Waals surface area (Å²) in [7, 11) is 0. The van der Waals surface area contributed by atoms with Crippen molar-refractivity contribution in [3.63, 3.8) is 0 Å². The van der Waals surface area contributed by atoms with Crippen LogP contribution in [0.3, 0.4) is 0 Å². The minimum Gasteiger partial charge on any atom is -0.307 e. The van der Waals surface area contributed by atoms with Gasteiger partial charge in [-0.2, -0.15) is 5.26 Å². The van der Waals surface area contributed by atoms with Gasteiger partial charge in [-0.3, -0.25) is 10.4 Å². The predicted molar refractivity (Wildman–Crippen MR) is 91.5 cm³/mol. The predicted octanol–water partition coefficient (Wildman–Crippen LogP) is 4.24. The van der Waals surface area contributed by atoms with Gasteiger partial charge in [0.1, 0.15) is 5.69 Å². The first-order valence-corrected chi connectivity index (χ1v) is 7.41. The number of hydrogen-bond donors (Lipinski definition) is 2. The molecule has 4 rings (SSSR count). The van der Waals surface area contributed by atoms with Crippen molar-refractivity contribution < 1.29 is 10.4 Å². The molecule has 0 saturated carbocycles. The second-order valence-corrected chi connectivity index (χ2v) is 5.47. The second-order valence-electron chi connectivity index (χ2n) is 5.47. The number of aromatic nitrogens is 1. The second kappa shape index (κ2) is 5.39. The minimum absolute atomic E-state index is 0.0553. The first-order chi connectivity index (χ1) is 11.7. The molecule has 0 aliphatic heterocycles. The Balaban J connectivity index is 2.16. The molecular weight excluding hydrogens is 302 g/mol. The maximum absolute atomic E-state index is 9.63. The highest BCUT2D eigenvalue weighted by molar-refractivity contribution is 6.09. The summed E-state index contributed by atoms with van der Waals surface area (Å²) >= 11 is 0. The molecule has 24 heavy (non-hydrogen) atoms. The number of rotatable bonds is 2. The molecule has 2 N–H and O–H groups in total. The molecular formula is C19H13N3O2. The van der Waals surface area contributed by atoms with Crippen LogP contribution in [-0.2, 0) is 0 Å². The first kappa shape index (κ1) is 14.3. The summed E-state index contributed by atoms with van der Waals surface area (Å²) in [5.74, 6) is 0. The highest BCUT2D eigenvalue weighted by atomic mass is 16.8. The number of nitrogens with zero attached hydrogens (tertiary/aromatic N) is 3. The van der Waals surface area contributed by atoms with E-state index in [4.69, 9.17) is 5.26 Å². The third kappa shape index (κ3) is 2.02. The van der Waals surface area contributed by atoms with Gasteiger partial charge in [-0.15, -0.1) is 5.23 Å². The SMILES string of the molecule is N#Cc1ccc(-n2c3ccccc3c3ccccc32)c(N(O)O)c1. The van der Waals surface area contributed by atoms with Crippen LogP contribution in [0.15, 0.2) is 66.7 Å². The summed E-state index contributed by atoms with van der Waals surface area (Å²) in [6, 6.07) is 22.7. The van der Waals surface area contributed by atoms with E-state index in [-0.39, 0.29) is 10.9 Å². The number of benzene rings is 3. The summed E-state index contributed by atoms with van der Waals surface area (Å²) in [6.45, 7) is 0. The van der Waals surface area contributed by atoms with Gasteiger partial charge in [-0.25, -0.2) is 0 Å². The summed E-state index contributed by atoms with van der Waals surface area (Å²) < 4.78 is 1.96. The summed E-state index contributed by atoms with van der Waals surface area (Å²) in [6.07, 6.45) is 0. The molecule has 5 heteroatoms. The van der Waals surface area contributed by atoms with E-state index in [0.717, 1.165) is 21.8 Å². The molecule has 5 nitrogen and oxygen atoms in total. The summed E-state index contributed by atoms with van der Waals surface area (Å²) in [5, 5.41) is 30.5. The van der Waals surface area contributed by atoms with E-state index in [1.807, 2.05) is 59.2 Å². The lowest BCUT2D eigenvalue weighted by Crippen LogP contribution is -2.14. The van der Waals surface area contributed by atoms with Crippen LogP contribution in [0, 0.1) is 11.3 Å². The molecule has 0 saturated heterocycles. The van der Waals surface area contributed by atoms with Crippen LogP contribution in [-0.4, -0.2) is 15.0 Å². The number of fused-ring (bicyclic) bond motifs is 3. The largest absolute Gasteiger partial charge is 0.307 e. The Kier molecular flexibility index (Phi) is 3.21. The van der Waals surface area contributed by atoms with Crippen LogP contribution in [0.2, 0.25) is 0 Å². The fourth-order valence-electron chi connectivity index (χ4n) is 3.12. The van der Waals surface area contributed by atoms with Crippen LogP contribution >= 0.6 is 0 Å². The summed E-state index contributed by atoms with van der Waals surface area (Å²) in [4.78, 5) is 0. The average molecular weight is 315 g/mol. The first-order valence-electron chi connectivity index (χ1n) is 7.41. The van der Waals surface area contributed by atoms with E-state index < -0.39 is 0 Å². The Bertz CT molecular complexity index is 1050. The molecule has 4 aromatic rings. The van der Waals surface area contributed by atoms with Crippen molar-refractivity contribution in [2.75, 3.05) is 5.23 Å². The fourth-order valence-corrected chi connectivity index (χ4v) is 3.12. The van der Waals surface area contributed by atoms with Crippen LogP contribution in [0.5, 0.6) is 0 Å². The monoisotopic (exact) mass is 315 g/mol. The number of hydrogen-bond acceptors (Lipinski definition) is 4. The average Bonchev–Trinajstić information content (AvgIpc) is 2.95. The Morgan fingerprint density at radius 1 is 0.833 bits per heavy atom. The van der Waals surface area contributed by atoms with Crippen molar-refractivity contribution in [1.82, 2.24) is 4.57 Å². The number of para-hydroxylation sites is 2. The molecule has 0 aliphatic rings. The van der Waals surface area contributed by atoms with Crippen molar-refractivity contribution in [2.45, 2.75) is 0 Å². The third-order valence-electron chi connectivity index (χ3n) is 4.14. The van der Waals surface area contributed by atoms with E-state index in [0.29, 0.717) is 11.3 Å². The molecule has 1 aromatic heterocycles. The molecule has 0 fully saturated rings. The normalized spacial score (nSPS) is 10.9. The molecule has 1 heterocycles. The maximum atomic E-state index is 9.63. The lowest BCUT2D eigenvalue weighted by atomic mass is 10.2. The van der Waals surface area contributed by atoms with Crippen molar-refractivity contribution >= 4 is 27.5 Å². The van der Waals surface area contributed by atoms with E-state index in [9.17, 15) is 10.4 Å². The molecule has 0 radical (unpaired) electrons. The Labute approximate surface area is 137 Å². The fraction of sp³-hybridized carbons (Fsp3) is 0. The zero-order chi connectivity index (χ0) is 16.7. The van der Waals surface area contributed by atoms with Crippen molar-refractivity contribution in [3.8, 4) is 11.8 Å². The molecule has 116 valence electrons. The van der Waals surface area contributed by atoms with Gasteiger partial charge < -0.3 is 4.57 Å². The van der Waals surface area contributed by atoms with Gasteiger partial charge >= 0.3 is 0 Å². The van der Waals surface area contributed by atoms with Crippen LogP contribution in [0.1, 0.15) is 5.56 Å². The van der Waals surface area contributed by atoms with Crippen LogP contribution in [0.25, 0.3) is 27.5 Å². The molecule has 0 spiro atoms. The van der Waals surface area contributed by atoms with E-state index in [2.05, 4.69) is 0 Å². The summed E-state index contributed by atoms with van der Waals surface area (Å²) in [5.41, 5.74) is 2.97. The molecule has 0 unspecified atom stereocenters. The van der Waals surface area contributed by atoms with Gasteiger partial charge in [0.05, 0.1) is 28.4 Å². The minimum atomic E-state index is 0.0553. The van der Waals surface area contributed by atoms with Gasteiger partial charge in [0.25, 0.3) is 0 Å². The maximum Gasteiger partial charge on any atom is 0.120 e. The standard InChI is InChI=1S/C19H13N3O2/c20-12-13-9-10-18(19(11-13)22(23)24)21-16-7-3-1-5-14(16)15-6-2-4-8-17(15)21/h1-11,23-24H. The Morgan fingerprint density at radius 3 is 1.96 bits per heavy atom. The smallest absolute Gasteiger partial charge is 0.120 e. The molecule has 0 amide bonds. The highest BCUT2D eigenvalue weighted by Crippen LogP contribution is 2.35. The van der Waals surface area contributed by atoms with Gasteiger partial charge in [0, 0.05) is 10.8 Å². The van der Waals surface area contributed by atoms with Crippen LogP contribution in [0.4, 0.5) is 5.69 Å². The third-order valence-corrected chi connectivity index (χ3v) is 4.14. The van der Waals surface area contributed by atoms with E-state index in [1.165, 1.54) is 6.07 Å². The van der Waals surface area contributed by atoms with Gasteiger partial charge in [0.2, 0.25) is 0 Å². The van der Waals surface area contributed by atoms with Crippen LogP contribution < -0.4 is 5.23 Å². The zero-order valence-electron chi connectivity index (χ0n) is 12.6. The van der Waals surface area contributed by atoms with Gasteiger partial charge in [-0.05, 0) is 30.3 Å². The number of anilines is 1. The lowest BCUT2D eigenvalue weighted by Gasteiger charge is -2.16. The number of nitriles is 1. The molecule has 3 aromatic carbocycles. The molecule has 0 atom stereocenters. The van der Waals surface area contributed by atoms with Crippen molar-refractivity contribution in [1.29, 1.82) is 5.26 Å². The molecule has 0 bridgehead atoms.